The fourth-order valence-electron chi connectivity index (χ4n) is 3.35. The smallest absolute Gasteiger partial charge is 0.225 e. The van der Waals surface area contributed by atoms with Crippen LogP contribution in [-0.4, -0.2) is 28.2 Å². The second-order valence-corrected chi connectivity index (χ2v) is 10.8. The van der Waals surface area contributed by atoms with E-state index in [1.54, 1.807) is 19.1 Å². The third-order valence-corrected chi connectivity index (χ3v) is 8.94. The molecule has 0 aliphatic carbocycles. The molecule has 1 unspecified atom stereocenters. The molecule has 2 aromatic carbocycles. The summed E-state index contributed by atoms with van der Waals surface area (Å²) in [5.41, 5.74) is 5.23. The van der Waals surface area contributed by atoms with Crippen molar-refractivity contribution < 1.29 is 16.8 Å². The molecule has 6 nitrogen and oxygen atoms in total. The highest BCUT2D eigenvalue weighted by Gasteiger charge is 2.31. The minimum atomic E-state index is -3.79. The fraction of sp³-hybridized carbons (Fsp3) is 0.400. The molecule has 154 valence electrons. The summed E-state index contributed by atoms with van der Waals surface area (Å²) >= 11 is 0. The standard InChI is InChI=1S/C20H28N2O4S2/c1-12-13(2)15(4)20(16(5)14(12)3)28(25,26)22(7)17(6)18-8-10-19(11-9-18)27(21,23)24/h8-11,17H,1-7H3,(H2,21,23,24). The Morgan fingerprint density at radius 2 is 1.18 bits per heavy atom. The Bertz CT molecular complexity index is 1090. The van der Waals surface area contributed by atoms with Gasteiger partial charge in [0.1, 0.15) is 0 Å². The lowest BCUT2D eigenvalue weighted by atomic mass is 9.95. The van der Waals surface area contributed by atoms with Crippen molar-refractivity contribution in [2.24, 2.45) is 5.14 Å². The molecule has 2 N–H and O–H groups in total. The molecule has 0 spiro atoms. The highest BCUT2D eigenvalue weighted by Crippen LogP contribution is 2.34. The largest absolute Gasteiger partial charge is 0.243 e. The molecule has 0 fully saturated rings. The first kappa shape index (κ1) is 22.5. The van der Waals surface area contributed by atoms with Crippen molar-refractivity contribution in [3.63, 3.8) is 0 Å². The van der Waals surface area contributed by atoms with Crippen LogP contribution < -0.4 is 5.14 Å². The number of nitrogens with two attached hydrogens (primary N) is 1. The van der Waals surface area contributed by atoms with E-state index >= 15 is 0 Å². The first-order valence-corrected chi connectivity index (χ1v) is 11.9. The van der Waals surface area contributed by atoms with E-state index in [9.17, 15) is 16.8 Å². The minimum Gasteiger partial charge on any atom is -0.225 e. The average molecular weight is 425 g/mol. The topological polar surface area (TPSA) is 97.5 Å². The summed E-state index contributed by atoms with van der Waals surface area (Å²) in [5, 5.41) is 5.13. The van der Waals surface area contributed by atoms with Crippen LogP contribution in [0.5, 0.6) is 0 Å². The van der Waals surface area contributed by atoms with Crippen molar-refractivity contribution in [2.45, 2.75) is 57.4 Å². The van der Waals surface area contributed by atoms with Gasteiger partial charge in [0, 0.05) is 13.1 Å². The molecular weight excluding hydrogens is 396 g/mol. The summed E-state index contributed by atoms with van der Waals surface area (Å²) in [4.78, 5) is 0.328. The van der Waals surface area contributed by atoms with Gasteiger partial charge < -0.3 is 0 Å². The number of primary sulfonamides is 1. The van der Waals surface area contributed by atoms with Crippen LogP contribution in [0.25, 0.3) is 0 Å². The molecule has 0 saturated carbocycles. The molecule has 0 aliphatic heterocycles. The number of benzene rings is 2. The molecule has 28 heavy (non-hydrogen) atoms. The SMILES string of the molecule is Cc1c(C)c(C)c(S(=O)(=O)N(C)C(C)c2ccc(S(N)(=O)=O)cc2)c(C)c1C. The lowest BCUT2D eigenvalue weighted by molar-refractivity contribution is 0.397. The molecule has 1 atom stereocenters. The van der Waals surface area contributed by atoms with Gasteiger partial charge in [-0.1, -0.05) is 12.1 Å². The maximum Gasteiger partial charge on any atom is 0.243 e. The molecule has 0 aliphatic rings. The van der Waals surface area contributed by atoms with E-state index in [-0.39, 0.29) is 4.90 Å². The summed E-state index contributed by atoms with van der Waals surface area (Å²) in [5.74, 6) is 0. The van der Waals surface area contributed by atoms with E-state index in [0.717, 1.165) is 27.8 Å². The van der Waals surface area contributed by atoms with Gasteiger partial charge in [-0.15, -0.1) is 0 Å². The van der Waals surface area contributed by atoms with Crippen molar-refractivity contribution in [2.75, 3.05) is 7.05 Å². The van der Waals surface area contributed by atoms with Gasteiger partial charge in [-0.05, 0) is 87.1 Å². The van der Waals surface area contributed by atoms with Crippen LogP contribution in [0.3, 0.4) is 0 Å². The Labute approximate surface area is 168 Å². The number of nitrogens with zero attached hydrogens (tertiary/aromatic N) is 1. The van der Waals surface area contributed by atoms with E-state index in [1.165, 1.54) is 23.5 Å². The van der Waals surface area contributed by atoms with Crippen LogP contribution in [0.15, 0.2) is 34.1 Å². The van der Waals surface area contributed by atoms with Gasteiger partial charge >= 0.3 is 0 Å². The first-order chi connectivity index (χ1) is 12.7. The van der Waals surface area contributed by atoms with Crippen LogP contribution in [0, 0.1) is 34.6 Å². The Morgan fingerprint density at radius 1 is 0.786 bits per heavy atom. The minimum absolute atomic E-state index is 0.00886. The van der Waals surface area contributed by atoms with Crippen LogP contribution in [0.1, 0.15) is 46.3 Å². The molecule has 0 saturated heterocycles. The van der Waals surface area contributed by atoms with E-state index in [4.69, 9.17) is 5.14 Å². The molecule has 0 aromatic heterocycles. The fourth-order valence-corrected chi connectivity index (χ4v) is 5.77. The van der Waals surface area contributed by atoms with E-state index in [2.05, 4.69) is 0 Å². The normalized spacial score (nSPS) is 13.8. The molecule has 2 rings (SSSR count). The van der Waals surface area contributed by atoms with Gasteiger partial charge in [-0.2, -0.15) is 4.31 Å². The molecule has 2 aromatic rings. The number of hydrogen-bond donors (Lipinski definition) is 1. The highest BCUT2D eigenvalue weighted by atomic mass is 32.2. The Morgan fingerprint density at radius 3 is 1.57 bits per heavy atom. The van der Waals surface area contributed by atoms with Crippen LogP contribution in [0.2, 0.25) is 0 Å². The summed E-state index contributed by atoms with van der Waals surface area (Å²) in [6.45, 7) is 11.3. The molecule has 8 heteroatoms. The Kier molecular flexibility index (Phi) is 6.11. The maximum atomic E-state index is 13.4. The van der Waals surface area contributed by atoms with E-state index < -0.39 is 26.1 Å². The zero-order valence-corrected chi connectivity index (χ0v) is 19.0. The number of hydrogen-bond acceptors (Lipinski definition) is 4. The van der Waals surface area contributed by atoms with Gasteiger partial charge in [0.25, 0.3) is 0 Å². The Balaban J connectivity index is 2.53. The van der Waals surface area contributed by atoms with Gasteiger partial charge in [-0.3, -0.25) is 0 Å². The van der Waals surface area contributed by atoms with Crippen molar-refractivity contribution in [3.05, 3.63) is 57.6 Å². The highest BCUT2D eigenvalue weighted by molar-refractivity contribution is 7.89. The van der Waals surface area contributed by atoms with E-state index in [1.807, 2.05) is 34.6 Å². The average Bonchev–Trinajstić information content (AvgIpc) is 2.62. The zero-order valence-electron chi connectivity index (χ0n) is 17.4. The zero-order chi connectivity index (χ0) is 21.6. The lowest BCUT2D eigenvalue weighted by Crippen LogP contribution is -2.31. The van der Waals surface area contributed by atoms with Crippen LogP contribution >= 0.6 is 0 Å². The quantitative estimate of drug-likeness (QED) is 0.796. The lowest BCUT2D eigenvalue weighted by Gasteiger charge is -2.28. The molecule has 0 bridgehead atoms. The molecule has 0 heterocycles. The van der Waals surface area contributed by atoms with Crippen molar-refractivity contribution in [1.29, 1.82) is 0 Å². The van der Waals surface area contributed by atoms with Crippen molar-refractivity contribution >= 4 is 20.0 Å². The van der Waals surface area contributed by atoms with E-state index in [0.29, 0.717) is 10.5 Å². The second kappa shape index (κ2) is 7.59. The van der Waals surface area contributed by atoms with Crippen LogP contribution in [-0.2, 0) is 20.0 Å². The predicted octanol–water partition coefficient (Wildman–Crippen LogP) is 3.26. The van der Waals surface area contributed by atoms with Gasteiger partial charge in [0.05, 0.1) is 9.79 Å². The predicted molar refractivity (Wildman–Crippen MR) is 111 cm³/mol. The van der Waals surface area contributed by atoms with Crippen molar-refractivity contribution in [1.82, 2.24) is 4.31 Å². The summed E-state index contributed by atoms with van der Waals surface area (Å²) in [6, 6.07) is 5.46. The number of sulfonamides is 2. The number of rotatable bonds is 5. The van der Waals surface area contributed by atoms with Gasteiger partial charge in [-0.25, -0.2) is 22.0 Å². The van der Waals surface area contributed by atoms with Gasteiger partial charge in [0.2, 0.25) is 20.0 Å². The molecule has 0 amide bonds. The third kappa shape index (κ3) is 3.87. The maximum absolute atomic E-state index is 13.4. The summed E-state index contributed by atoms with van der Waals surface area (Å²) < 4.78 is 51.1. The first-order valence-electron chi connectivity index (χ1n) is 8.89. The van der Waals surface area contributed by atoms with Crippen molar-refractivity contribution in [3.8, 4) is 0 Å². The van der Waals surface area contributed by atoms with Gasteiger partial charge in [0.15, 0.2) is 0 Å². The summed E-state index contributed by atoms with van der Waals surface area (Å²) in [7, 11) is -6.01. The van der Waals surface area contributed by atoms with Crippen LogP contribution in [0.4, 0.5) is 0 Å². The molecule has 0 radical (unpaired) electrons. The summed E-state index contributed by atoms with van der Waals surface area (Å²) in [6.07, 6.45) is 0. The molecular formula is C20H28N2O4S2. The second-order valence-electron chi connectivity index (χ2n) is 7.27. The monoisotopic (exact) mass is 424 g/mol. The Hall–Kier alpha value is -1.74. The third-order valence-electron chi connectivity index (χ3n) is 5.80.